The first-order chi connectivity index (χ1) is 8.88. The number of unbranched alkanes of at least 4 members (excludes halogenated alkanes) is 1. The molecule has 0 radical (unpaired) electrons. The Balaban J connectivity index is 3.12. The molecule has 0 bridgehead atoms. The van der Waals surface area contributed by atoms with E-state index in [1.165, 1.54) is 0 Å². The van der Waals surface area contributed by atoms with Crippen LogP contribution in [0.25, 0.3) is 0 Å². The highest BCUT2D eigenvalue weighted by Crippen LogP contribution is 2.33. The highest BCUT2D eigenvalue weighted by Gasteiger charge is 2.24. The topological polar surface area (TPSA) is 85.1 Å². The Bertz CT molecular complexity index is 517. The first-order valence-corrected chi connectivity index (χ1v) is 6.78. The zero-order valence-electron chi connectivity index (χ0n) is 11.1. The van der Waals surface area contributed by atoms with Crippen LogP contribution < -0.4 is 5.32 Å². The number of aromatic nitrogens is 1. The molecule has 7 heteroatoms. The molecule has 0 spiro atoms. The molecule has 0 aliphatic heterocycles. The fourth-order valence-electron chi connectivity index (χ4n) is 1.67. The standard InChI is InChI=1S/C12H16BrN3O3/c1-4-5-6-9(17)15-12-11(16(18)19)7(2)10(13)8(3)14-12/h4-6H2,1-3H3,(H,14,15,17). The molecule has 1 N–H and O–H groups in total. The van der Waals surface area contributed by atoms with E-state index >= 15 is 0 Å². The van der Waals surface area contributed by atoms with E-state index in [1.54, 1.807) is 13.8 Å². The van der Waals surface area contributed by atoms with Crippen LogP contribution in [-0.4, -0.2) is 15.8 Å². The van der Waals surface area contributed by atoms with Crippen LogP contribution in [0.3, 0.4) is 0 Å². The number of carbonyl (C=O) groups is 1. The van der Waals surface area contributed by atoms with Crippen molar-refractivity contribution >= 4 is 33.3 Å². The van der Waals surface area contributed by atoms with E-state index < -0.39 is 4.92 Å². The van der Waals surface area contributed by atoms with E-state index in [9.17, 15) is 14.9 Å². The van der Waals surface area contributed by atoms with Gasteiger partial charge in [0.1, 0.15) is 0 Å². The van der Waals surface area contributed by atoms with Gasteiger partial charge in [0.05, 0.1) is 10.6 Å². The van der Waals surface area contributed by atoms with E-state index in [0.29, 0.717) is 22.2 Å². The average Bonchev–Trinajstić information content (AvgIpc) is 2.33. The second kappa shape index (κ2) is 6.60. The van der Waals surface area contributed by atoms with Gasteiger partial charge in [0.25, 0.3) is 0 Å². The molecule has 0 aliphatic rings. The second-order valence-electron chi connectivity index (χ2n) is 4.24. The molecule has 0 aliphatic carbocycles. The summed E-state index contributed by atoms with van der Waals surface area (Å²) in [6.07, 6.45) is 1.97. The lowest BCUT2D eigenvalue weighted by Gasteiger charge is -2.10. The van der Waals surface area contributed by atoms with Crippen LogP contribution in [0.15, 0.2) is 4.47 Å². The summed E-state index contributed by atoms with van der Waals surface area (Å²) in [7, 11) is 0. The van der Waals surface area contributed by atoms with Gasteiger partial charge in [0.15, 0.2) is 0 Å². The first kappa shape index (κ1) is 15.6. The molecule has 1 aromatic rings. The molecule has 0 atom stereocenters. The highest BCUT2D eigenvalue weighted by molar-refractivity contribution is 9.10. The maximum Gasteiger partial charge on any atom is 0.315 e. The molecule has 0 saturated heterocycles. The lowest BCUT2D eigenvalue weighted by Crippen LogP contribution is -2.15. The summed E-state index contributed by atoms with van der Waals surface area (Å²) in [4.78, 5) is 26.3. The van der Waals surface area contributed by atoms with Gasteiger partial charge in [-0.05, 0) is 36.2 Å². The lowest BCUT2D eigenvalue weighted by molar-refractivity contribution is -0.384. The minimum atomic E-state index is -0.526. The summed E-state index contributed by atoms with van der Waals surface area (Å²) in [5, 5.41) is 13.6. The first-order valence-electron chi connectivity index (χ1n) is 5.99. The molecule has 0 saturated carbocycles. The third-order valence-corrected chi connectivity index (χ3v) is 3.87. The van der Waals surface area contributed by atoms with Crippen LogP contribution in [0.1, 0.15) is 37.4 Å². The molecule has 104 valence electrons. The number of halogens is 1. The minimum absolute atomic E-state index is 0.0179. The monoisotopic (exact) mass is 329 g/mol. The van der Waals surface area contributed by atoms with Gasteiger partial charge in [-0.1, -0.05) is 13.3 Å². The van der Waals surface area contributed by atoms with Gasteiger partial charge in [0.2, 0.25) is 11.7 Å². The predicted octanol–water partition coefficient (Wildman–Crippen LogP) is 3.50. The summed E-state index contributed by atoms with van der Waals surface area (Å²) >= 11 is 3.26. The van der Waals surface area contributed by atoms with Crippen molar-refractivity contribution in [2.45, 2.75) is 40.0 Å². The number of nitrogens with zero attached hydrogens (tertiary/aromatic N) is 2. The largest absolute Gasteiger partial charge is 0.315 e. The molecule has 19 heavy (non-hydrogen) atoms. The van der Waals surface area contributed by atoms with Crippen LogP contribution in [0, 0.1) is 24.0 Å². The summed E-state index contributed by atoms with van der Waals surface area (Å²) in [6.45, 7) is 5.32. The summed E-state index contributed by atoms with van der Waals surface area (Å²) < 4.78 is 0.589. The van der Waals surface area contributed by atoms with Gasteiger partial charge in [-0.25, -0.2) is 4.98 Å². The molecule has 1 amide bonds. The number of anilines is 1. The number of amides is 1. The smallest absolute Gasteiger partial charge is 0.305 e. The number of hydrogen-bond donors (Lipinski definition) is 1. The Morgan fingerprint density at radius 3 is 2.63 bits per heavy atom. The second-order valence-corrected chi connectivity index (χ2v) is 5.04. The molecule has 1 rings (SSSR count). The molecular formula is C12H16BrN3O3. The van der Waals surface area contributed by atoms with Crippen molar-refractivity contribution in [1.82, 2.24) is 4.98 Å². The van der Waals surface area contributed by atoms with Gasteiger partial charge < -0.3 is 5.32 Å². The van der Waals surface area contributed by atoms with E-state index in [1.807, 2.05) is 6.92 Å². The van der Waals surface area contributed by atoms with E-state index in [0.717, 1.165) is 12.8 Å². The van der Waals surface area contributed by atoms with Crippen LogP contribution in [0.5, 0.6) is 0 Å². The fraction of sp³-hybridized carbons (Fsp3) is 0.500. The number of nitro groups is 1. The van der Waals surface area contributed by atoms with Gasteiger partial charge >= 0.3 is 5.69 Å². The molecule has 6 nitrogen and oxygen atoms in total. The Kier molecular flexibility index (Phi) is 5.41. The van der Waals surface area contributed by atoms with Crippen LogP contribution in [0.2, 0.25) is 0 Å². The normalized spacial score (nSPS) is 10.3. The maximum absolute atomic E-state index is 11.7. The average molecular weight is 330 g/mol. The van der Waals surface area contributed by atoms with Gasteiger partial charge in [-0.2, -0.15) is 0 Å². The molecule has 0 aromatic carbocycles. The molecule has 0 unspecified atom stereocenters. The van der Waals surface area contributed by atoms with Gasteiger partial charge in [-0.3, -0.25) is 14.9 Å². The molecule has 0 fully saturated rings. The summed E-state index contributed by atoms with van der Waals surface area (Å²) in [5.74, 6) is -0.233. The Hall–Kier alpha value is -1.50. The Morgan fingerprint density at radius 1 is 1.47 bits per heavy atom. The number of carbonyl (C=O) groups excluding carboxylic acids is 1. The third kappa shape index (κ3) is 3.73. The zero-order valence-corrected chi connectivity index (χ0v) is 12.7. The highest BCUT2D eigenvalue weighted by atomic mass is 79.9. The third-order valence-electron chi connectivity index (χ3n) is 2.70. The number of rotatable bonds is 5. The van der Waals surface area contributed by atoms with Crippen molar-refractivity contribution in [3.05, 3.63) is 25.8 Å². The predicted molar refractivity (Wildman–Crippen MR) is 76.2 cm³/mol. The summed E-state index contributed by atoms with van der Waals surface area (Å²) in [6, 6.07) is 0. The van der Waals surface area contributed by atoms with E-state index in [2.05, 4.69) is 26.2 Å². The maximum atomic E-state index is 11.7. The number of hydrogen-bond acceptors (Lipinski definition) is 4. The van der Waals surface area contributed by atoms with Crippen molar-refractivity contribution < 1.29 is 9.72 Å². The summed E-state index contributed by atoms with van der Waals surface area (Å²) in [5.41, 5.74) is 0.902. The van der Waals surface area contributed by atoms with Crippen molar-refractivity contribution in [2.24, 2.45) is 0 Å². The SMILES string of the molecule is CCCCC(=O)Nc1nc(C)c(Br)c(C)c1[N+](=O)[O-]. The van der Waals surface area contributed by atoms with Gasteiger partial charge in [0, 0.05) is 16.5 Å². The number of pyridine rings is 1. The number of nitrogens with one attached hydrogen (secondary N) is 1. The quantitative estimate of drug-likeness (QED) is 0.661. The minimum Gasteiger partial charge on any atom is -0.305 e. The van der Waals surface area contributed by atoms with Crippen molar-refractivity contribution in [3.63, 3.8) is 0 Å². The van der Waals surface area contributed by atoms with Crippen LogP contribution in [-0.2, 0) is 4.79 Å². The zero-order chi connectivity index (χ0) is 14.6. The van der Waals surface area contributed by atoms with Crippen LogP contribution in [0.4, 0.5) is 11.5 Å². The van der Waals surface area contributed by atoms with E-state index in [-0.39, 0.29) is 17.4 Å². The van der Waals surface area contributed by atoms with E-state index in [4.69, 9.17) is 0 Å². The van der Waals surface area contributed by atoms with Gasteiger partial charge in [-0.15, -0.1) is 0 Å². The van der Waals surface area contributed by atoms with Crippen molar-refractivity contribution in [1.29, 1.82) is 0 Å². The number of aryl methyl sites for hydroxylation is 1. The molecule has 1 heterocycles. The van der Waals surface area contributed by atoms with Crippen molar-refractivity contribution in [2.75, 3.05) is 5.32 Å². The molecule has 1 aromatic heterocycles. The Labute approximate surface area is 119 Å². The van der Waals surface area contributed by atoms with Crippen LogP contribution >= 0.6 is 15.9 Å². The Morgan fingerprint density at radius 2 is 2.11 bits per heavy atom. The lowest BCUT2D eigenvalue weighted by atomic mass is 10.2. The van der Waals surface area contributed by atoms with Crippen molar-refractivity contribution in [3.8, 4) is 0 Å². The molecular weight excluding hydrogens is 314 g/mol. The fourth-order valence-corrected chi connectivity index (χ4v) is 1.94.